The number of rotatable bonds is 8. The normalized spacial score (nSPS) is 11.0. The van der Waals surface area contributed by atoms with Gasteiger partial charge in [0.1, 0.15) is 5.60 Å². The maximum Gasteiger partial charge on any atom is 2.00 e. The first-order valence-corrected chi connectivity index (χ1v) is 5.24. The van der Waals surface area contributed by atoms with E-state index >= 15 is 0 Å². The molecule has 1 atom stereocenters. The molecule has 0 aliphatic heterocycles. The summed E-state index contributed by atoms with van der Waals surface area (Å²) < 4.78 is 0. The summed E-state index contributed by atoms with van der Waals surface area (Å²) >= 11 is 0. The molecule has 0 saturated carbocycles. The van der Waals surface area contributed by atoms with Gasteiger partial charge >= 0.3 is 23.1 Å². The number of aliphatic hydroxyl groups is 2. The van der Waals surface area contributed by atoms with Crippen molar-refractivity contribution < 1.29 is 59.7 Å². The first-order chi connectivity index (χ1) is 9.81. The summed E-state index contributed by atoms with van der Waals surface area (Å²) in [5.74, 6) is -9.41. The molecule has 1 unspecified atom stereocenters. The maximum atomic E-state index is 10.1. The van der Waals surface area contributed by atoms with E-state index in [4.69, 9.17) is 10.2 Å². The SMILES string of the molecule is O=C([O-])CC(O)(CC(=O)[O-])C(=O)[O-].O=C([O-])CC(O)C(=O)[O-].[Mg+2]. The third-order valence-corrected chi connectivity index (χ3v) is 1.89. The fourth-order valence-electron chi connectivity index (χ4n) is 0.926. The third kappa shape index (κ3) is 13.4. The van der Waals surface area contributed by atoms with Crippen molar-refractivity contribution in [1.82, 2.24) is 0 Å². The molecule has 0 aliphatic carbocycles. The molecule has 0 aromatic heterocycles. The first kappa shape index (κ1) is 26.0. The zero-order valence-electron chi connectivity index (χ0n) is 11.4. The smallest absolute Gasteiger partial charge is 0.550 e. The van der Waals surface area contributed by atoms with Gasteiger partial charge in [0.15, 0.2) is 0 Å². The largest absolute Gasteiger partial charge is 2.00 e. The molecule has 0 aromatic rings. The molecule has 12 nitrogen and oxygen atoms in total. The molecule has 0 bridgehead atoms. The second-order valence-electron chi connectivity index (χ2n) is 3.83. The summed E-state index contributed by atoms with van der Waals surface area (Å²) in [4.78, 5) is 49.1. The standard InChI is InChI=1S/C6H8O7.C4H6O5.Mg/c7-3(8)1-6(13,5(11)12)2-4(9)10;5-2(4(8)9)1-3(6)7;/h13H,1-2H2,(H,7,8)(H,9,10)(H,11,12);2,5H,1H2,(H,6,7)(H,8,9);/q;;+2/p-5. The molecular weight excluding hydrogens is 336 g/mol. The van der Waals surface area contributed by atoms with Crippen LogP contribution in [-0.2, 0) is 24.0 Å². The van der Waals surface area contributed by atoms with Gasteiger partial charge in [0, 0.05) is 37.2 Å². The van der Waals surface area contributed by atoms with Crippen molar-refractivity contribution in [2.75, 3.05) is 0 Å². The van der Waals surface area contributed by atoms with Gasteiger partial charge in [-0.15, -0.1) is 0 Å². The summed E-state index contributed by atoms with van der Waals surface area (Å²) in [6.07, 6.45) is -5.61. The van der Waals surface area contributed by atoms with E-state index in [-0.39, 0.29) is 23.1 Å². The Kier molecular flexibility index (Phi) is 13.1. The van der Waals surface area contributed by atoms with Crippen LogP contribution in [0.4, 0.5) is 0 Å². The van der Waals surface area contributed by atoms with Gasteiger partial charge in [0.05, 0.1) is 18.0 Å². The number of hydrogen-bond donors (Lipinski definition) is 2. The van der Waals surface area contributed by atoms with Crippen LogP contribution < -0.4 is 25.5 Å². The average Bonchev–Trinajstić information content (AvgIpc) is 2.25. The van der Waals surface area contributed by atoms with Crippen molar-refractivity contribution in [3.8, 4) is 0 Å². The van der Waals surface area contributed by atoms with Crippen molar-refractivity contribution in [1.29, 1.82) is 0 Å². The number of aliphatic hydroxyl groups excluding tert-OH is 1. The van der Waals surface area contributed by atoms with Crippen molar-refractivity contribution in [3.63, 3.8) is 0 Å². The van der Waals surface area contributed by atoms with Crippen LogP contribution in [0.5, 0.6) is 0 Å². The molecule has 0 heterocycles. The second kappa shape index (κ2) is 11.6. The van der Waals surface area contributed by atoms with Crippen LogP contribution in [0.2, 0.25) is 0 Å². The minimum atomic E-state index is -2.97. The monoisotopic (exact) mass is 345 g/mol. The fourth-order valence-corrected chi connectivity index (χ4v) is 0.926. The van der Waals surface area contributed by atoms with Crippen LogP contribution >= 0.6 is 0 Å². The molecule has 126 valence electrons. The molecular formula is C10H9MgO12-3. The Bertz CT molecular complexity index is 443. The Morgan fingerprint density at radius 3 is 1.30 bits per heavy atom. The summed E-state index contributed by atoms with van der Waals surface area (Å²) in [7, 11) is 0. The molecule has 0 rings (SSSR count). The van der Waals surface area contributed by atoms with Gasteiger partial charge in [-0.1, -0.05) is 0 Å². The second-order valence-corrected chi connectivity index (χ2v) is 3.83. The minimum absolute atomic E-state index is 0. The molecule has 0 aromatic carbocycles. The van der Waals surface area contributed by atoms with Crippen LogP contribution in [0.1, 0.15) is 19.3 Å². The minimum Gasteiger partial charge on any atom is -0.550 e. The van der Waals surface area contributed by atoms with Crippen molar-refractivity contribution in [3.05, 3.63) is 0 Å². The molecule has 13 heteroatoms. The quantitative estimate of drug-likeness (QED) is 0.389. The Labute approximate surface area is 144 Å². The summed E-state index contributed by atoms with van der Waals surface area (Å²) in [6.45, 7) is 0. The summed E-state index contributed by atoms with van der Waals surface area (Å²) in [5, 5.41) is 66.3. The number of carboxylic acids is 5. The topological polar surface area (TPSA) is 241 Å². The number of carbonyl (C=O) groups is 5. The van der Waals surface area contributed by atoms with E-state index in [1.54, 1.807) is 0 Å². The van der Waals surface area contributed by atoms with E-state index in [1.807, 2.05) is 0 Å². The van der Waals surface area contributed by atoms with E-state index in [2.05, 4.69) is 0 Å². The third-order valence-electron chi connectivity index (χ3n) is 1.89. The molecule has 0 radical (unpaired) electrons. The molecule has 2 N–H and O–H groups in total. The van der Waals surface area contributed by atoms with Crippen molar-refractivity contribution in [2.45, 2.75) is 31.0 Å². The van der Waals surface area contributed by atoms with Gasteiger partial charge in [0.25, 0.3) is 0 Å². The van der Waals surface area contributed by atoms with Crippen LogP contribution in [0, 0.1) is 0 Å². The fraction of sp³-hybridized carbons (Fsp3) is 0.500. The predicted octanol–water partition coefficient (Wildman–Crippen LogP) is -9.40. The molecule has 0 aliphatic rings. The van der Waals surface area contributed by atoms with Gasteiger partial charge in [-0.25, -0.2) is 0 Å². The molecule has 0 fully saturated rings. The van der Waals surface area contributed by atoms with E-state index < -0.39 is 60.8 Å². The Hall–Kier alpha value is -1.96. The number of carboxylic acid groups (broad SMARTS) is 5. The molecule has 0 saturated heterocycles. The van der Waals surface area contributed by atoms with Gasteiger partial charge in [-0.2, -0.15) is 0 Å². The molecule has 0 amide bonds. The van der Waals surface area contributed by atoms with Crippen LogP contribution in [0.3, 0.4) is 0 Å². The van der Waals surface area contributed by atoms with Crippen LogP contribution in [0.15, 0.2) is 0 Å². The molecule has 23 heavy (non-hydrogen) atoms. The van der Waals surface area contributed by atoms with Gasteiger partial charge in [0.2, 0.25) is 0 Å². The summed E-state index contributed by atoms with van der Waals surface area (Å²) in [6, 6.07) is 0. The zero-order valence-corrected chi connectivity index (χ0v) is 12.8. The van der Waals surface area contributed by atoms with E-state index in [0.29, 0.717) is 0 Å². The number of carbonyl (C=O) groups excluding carboxylic acids is 5. The van der Waals surface area contributed by atoms with Gasteiger partial charge in [-0.05, 0) is 0 Å². The van der Waals surface area contributed by atoms with E-state index in [9.17, 15) is 49.5 Å². The first-order valence-electron chi connectivity index (χ1n) is 5.24. The van der Waals surface area contributed by atoms with Crippen LogP contribution in [0.25, 0.3) is 0 Å². The van der Waals surface area contributed by atoms with Crippen LogP contribution in [-0.4, -0.2) is 74.8 Å². The van der Waals surface area contributed by atoms with E-state index in [1.165, 1.54) is 0 Å². The summed E-state index contributed by atoms with van der Waals surface area (Å²) in [5.41, 5.74) is -2.97. The number of aliphatic carboxylic acids is 5. The number of hydrogen-bond acceptors (Lipinski definition) is 12. The maximum absolute atomic E-state index is 10.1. The van der Waals surface area contributed by atoms with Crippen molar-refractivity contribution in [2.24, 2.45) is 0 Å². The average molecular weight is 345 g/mol. The van der Waals surface area contributed by atoms with E-state index in [0.717, 1.165) is 0 Å². The molecule has 0 spiro atoms. The predicted molar refractivity (Wildman–Crippen MR) is 55.6 cm³/mol. The Balaban J connectivity index is -0.000000354. The Morgan fingerprint density at radius 1 is 0.826 bits per heavy atom. The van der Waals surface area contributed by atoms with Gasteiger partial charge < -0.3 is 59.7 Å². The van der Waals surface area contributed by atoms with Crippen molar-refractivity contribution >= 4 is 52.9 Å². The Morgan fingerprint density at radius 2 is 1.17 bits per heavy atom. The zero-order chi connectivity index (χ0) is 18.1. The van der Waals surface area contributed by atoms with Gasteiger partial charge in [-0.3, -0.25) is 0 Å².